The van der Waals surface area contributed by atoms with E-state index in [1.54, 1.807) is 0 Å². The average Bonchev–Trinajstić information content (AvgIpc) is 3.43. The number of ether oxygens (including phenoxy) is 3. The van der Waals surface area contributed by atoms with Crippen LogP contribution in [0.3, 0.4) is 0 Å². The van der Waals surface area contributed by atoms with Crippen LogP contribution < -0.4 is 0 Å². The smallest absolute Gasteiger partial charge is 0.306 e. The van der Waals surface area contributed by atoms with Gasteiger partial charge in [0.1, 0.15) is 13.2 Å². The molecule has 0 aliphatic carbocycles. The number of esters is 3. The highest BCUT2D eigenvalue weighted by Gasteiger charge is 2.19. The van der Waals surface area contributed by atoms with E-state index in [0.29, 0.717) is 19.3 Å². The van der Waals surface area contributed by atoms with Crippen LogP contribution in [0.2, 0.25) is 0 Å². The van der Waals surface area contributed by atoms with Crippen molar-refractivity contribution in [2.75, 3.05) is 13.2 Å². The number of hydrogen-bond acceptors (Lipinski definition) is 6. The topological polar surface area (TPSA) is 78.9 Å². The van der Waals surface area contributed by atoms with E-state index in [-0.39, 0.29) is 31.1 Å². The molecule has 0 saturated carbocycles. The van der Waals surface area contributed by atoms with Crippen molar-refractivity contribution >= 4 is 17.9 Å². The lowest BCUT2D eigenvalue weighted by Crippen LogP contribution is -2.30. The largest absolute Gasteiger partial charge is 0.462 e. The van der Waals surface area contributed by atoms with Crippen LogP contribution in [0.1, 0.15) is 329 Å². The maximum atomic E-state index is 12.9. The summed E-state index contributed by atoms with van der Waals surface area (Å²) in [6, 6.07) is 0. The molecule has 0 heterocycles. The maximum Gasteiger partial charge on any atom is 0.306 e. The quantitative estimate of drug-likeness (QED) is 0.0261. The van der Waals surface area contributed by atoms with Crippen molar-refractivity contribution in [2.24, 2.45) is 0 Å². The zero-order chi connectivity index (χ0) is 55.7. The lowest BCUT2D eigenvalue weighted by Gasteiger charge is -2.18. The number of carbonyl (C=O) groups is 3. The number of allylic oxidation sites excluding steroid dienone is 14. The number of hydrogen-bond donors (Lipinski definition) is 0. The third-order valence-corrected chi connectivity index (χ3v) is 14.4. The first kappa shape index (κ1) is 73.6. The molecule has 6 nitrogen and oxygen atoms in total. The van der Waals surface area contributed by atoms with Gasteiger partial charge in [0, 0.05) is 19.3 Å². The van der Waals surface area contributed by atoms with Crippen molar-refractivity contribution in [3.63, 3.8) is 0 Å². The number of rotatable bonds is 60. The Labute approximate surface area is 477 Å². The number of carbonyl (C=O) groups excluding carboxylic acids is 3. The molecule has 0 aliphatic heterocycles. The Morgan fingerprint density at radius 3 is 0.818 bits per heavy atom. The van der Waals surface area contributed by atoms with E-state index in [1.165, 1.54) is 173 Å². The van der Waals surface area contributed by atoms with Crippen LogP contribution in [0.5, 0.6) is 0 Å². The lowest BCUT2D eigenvalue weighted by molar-refractivity contribution is -0.167. The molecule has 0 aromatic carbocycles. The van der Waals surface area contributed by atoms with Crippen LogP contribution in [0, 0.1) is 0 Å². The fourth-order valence-electron chi connectivity index (χ4n) is 9.40. The average molecular weight is 1070 g/mol. The van der Waals surface area contributed by atoms with E-state index in [4.69, 9.17) is 14.2 Å². The molecule has 444 valence electrons. The fourth-order valence-corrected chi connectivity index (χ4v) is 9.40. The Morgan fingerprint density at radius 2 is 0.506 bits per heavy atom. The molecule has 0 rings (SSSR count). The van der Waals surface area contributed by atoms with Gasteiger partial charge in [0.2, 0.25) is 0 Å². The van der Waals surface area contributed by atoms with Crippen molar-refractivity contribution in [2.45, 2.75) is 335 Å². The van der Waals surface area contributed by atoms with Gasteiger partial charge in [-0.2, -0.15) is 0 Å². The van der Waals surface area contributed by atoms with Gasteiger partial charge in [-0.1, -0.05) is 279 Å². The third-order valence-electron chi connectivity index (χ3n) is 14.4. The molecule has 77 heavy (non-hydrogen) atoms. The lowest BCUT2D eigenvalue weighted by atomic mass is 10.0. The Balaban J connectivity index is 4.33. The Morgan fingerprint density at radius 1 is 0.273 bits per heavy atom. The van der Waals surface area contributed by atoms with Gasteiger partial charge >= 0.3 is 17.9 Å². The highest BCUT2D eigenvalue weighted by molar-refractivity contribution is 5.71. The van der Waals surface area contributed by atoms with Gasteiger partial charge in [-0.15, -0.1) is 0 Å². The minimum Gasteiger partial charge on any atom is -0.462 e. The molecule has 6 heteroatoms. The molecule has 0 N–H and O–H groups in total. The molecular weight excluding hydrogens is 949 g/mol. The van der Waals surface area contributed by atoms with Crippen LogP contribution in [-0.4, -0.2) is 37.2 Å². The summed E-state index contributed by atoms with van der Waals surface area (Å²) in [5.74, 6) is -0.901. The minimum atomic E-state index is -0.792. The second-order valence-corrected chi connectivity index (χ2v) is 22.0. The monoisotopic (exact) mass is 1070 g/mol. The van der Waals surface area contributed by atoms with Gasteiger partial charge in [0.25, 0.3) is 0 Å². The molecule has 0 radical (unpaired) electrons. The molecule has 0 amide bonds. The molecule has 0 aromatic heterocycles. The summed E-state index contributed by atoms with van der Waals surface area (Å²) in [5, 5.41) is 0. The maximum absolute atomic E-state index is 12.9. The van der Waals surface area contributed by atoms with Crippen LogP contribution in [0.4, 0.5) is 0 Å². The molecule has 0 aromatic rings. The zero-order valence-corrected chi connectivity index (χ0v) is 51.0. The van der Waals surface area contributed by atoms with Crippen molar-refractivity contribution in [1.29, 1.82) is 0 Å². The van der Waals surface area contributed by atoms with Crippen molar-refractivity contribution in [3.05, 3.63) is 85.1 Å². The summed E-state index contributed by atoms with van der Waals surface area (Å²) in [5.41, 5.74) is 0. The van der Waals surface area contributed by atoms with Crippen LogP contribution in [-0.2, 0) is 28.6 Å². The first-order valence-corrected chi connectivity index (χ1v) is 33.1. The Kier molecular flexibility index (Phi) is 62.2. The highest BCUT2D eigenvalue weighted by atomic mass is 16.6. The van der Waals surface area contributed by atoms with E-state index in [2.05, 4.69) is 106 Å². The molecule has 1 unspecified atom stereocenters. The summed E-state index contributed by atoms with van der Waals surface area (Å²) < 4.78 is 16.9. The third kappa shape index (κ3) is 63.3. The number of unbranched alkanes of at least 4 members (excludes halogenated alkanes) is 35. The predicted octanol–water partition coefficient (Wildman–Crippen LogP) is 22.7. The molecular formula is C71H124O6. The summed E-state index contributed by atoms with van der Waals surface area (Å²) >= 11 is 0. The SMILES string of the molecule is CC/C=C\C/C=C\C/C=C\C/C=C\C/C=C\CCCCCCCC(=O)OC(COC(=O)CCCCCCC/C=C\CCCCCC)COC(=O)CCCCCCCCCCCCCCC/C=C\CCCCCCCCCC. The van der Waals surface area contributed by atoms with Gasteiger partial charge in [-0.05, 0) is 116 Å². The highest BCUT2D eigenvalue weighted by Crippen LogP contribution is 2.16. The molecule has 0 bridgehead atoms. The predicted molar refractivity (Wildman–Crippen MR) is 334 cm³/mol. The van der Waals surface area contributed by atoms with Gasteiger partial charge in [0.05, 0.1) is 0 Å². The minimum absolute atomic E-state index is 0.0857. The summed E-state index contributed by atoms with van der Waals surface area (Å²) in [6.07, 6.45) is 86.0. The van der Waals surface area contributed by atoms with E-state index in [9.17, 15) is 14.4 Å². The molecule has 1 atom stereocenters. The van der Waals surface area contributed by atoms with Crippen LogP contribution >= 0.6 is 0 Å². The van der Waals surface area contributed by atoms with Crippen molar-refractivity contribution in [1.82, 2.24) is 0 Å². The van der Waals surface area contributed by atoms with E-state index >= 15 is 0 Å². The van der Waals surface area contributed by atoms with Crippen LogP contribution in [0.25, 0.3) is 0 Å². The molecule has 0 saturated heterocycles. The van der Waals surface area contributed by atoms with Gasteiger partial charge in [-0.25, -0.2) is 0 Å². The van der Waals surface area contributed by atoms with Gasteiger partial charge in [-0.3, -0.25) is 14.4 Å². The second kappa shape index (κ2) is 65.1. The Hall–Kier alpha value is -3.41. The van der Waals surface area contributed by atoms with Crippen molar-refractivity contribution < 1.29 is 28.6 Å². The standard InChI is InChI=1S/C71H124O6/c1-4-7-10-13-16-19-22-25-27-29-31-33-34-35-36-38-39-41-43-46-49-52-55-58-61-64-70(73)76-67-68(66-75-69(72)63-60-57-54-51-48-45-24-21-18-15-12-9-6-3)77-71(74)65-62-59-56-53-50-47-44-42-40-37-32-30-28-26-23-20-17-14-11-8-5-2/h8,11,17,20-21,24,26,28-29,31-32,37,42,44,68H,4-7,9-10,12-16,18-19,22-23,25,27,30,33-36,38-41,43,45-67H2,1-3H3/b11-8-,20-17-,24-21-,28-26-,31-29-,37-32-,44-42-. The summed E-state index contributed by atoms with van der Waals surface area (Å²) in [6.45, 7) is 6.52. The normalized spacial score (nSPS) is 12.6. The van der Waals surface area contributed by atoms with Gasteiger partial charge < -0.3 is 14.2 Å². The van der Waals surface area contributed by atoms with E-state index in [1.807, 2.05) is 0 Å². The Bertz CT molecular complexity index is 1470. The first-order valence-electron chi connectivity index (χ1n) is 33.1. The second-order valence-electron chi connectivity index (χ2n) is 22.0. The summed E-state index contributed by atoms with van der Waals surface area (Å²) in [4.78, 5) is 38.3. The molecule has 0 spiro atoms. The van der Waals surface area contributed by atoms with E-state index < -0.39 is 6.10 Å². The van der Waals surface area contributed by atoms with E-state index in [0.717, 1.165) is 116 Å². The fraction of sp³-hybridized carbons (Fsp3) is 0.761. The first-order chi connectivity index (χ1) is 38.0. The van der Waals surface area contributed by atoms with Gasteiger partial charge in [0.15, 0.2) is 6.10 Å². The molecule has 0 fully saturated rings. The molecule has 0 aliphatic rings. The zero-order valence-electron chi connectivity index (χ0n) is 51.0. The summed E-state index contributed by atoms with van der Waals surface area (Å²) in [7, 11) is 0. The van der Waals surface area contributed by atoms with Crippen molar-refractivity contribution in [3.8, 4) is 0 Å². The van der Waals surface area contributed by atoms with Crippen LogP contribution in [0.15, 0.2) is 85.1 Å².